The number of anilines is 1. The van der Waals surface area contributed by atoms with Crippen molar-refractivity contribution >= 4 is 23.3 Å². The van der Waals surface area contributed by atoms with E-state index in [0.717, 1.165) is 24.6 Å². The molecule has 2 aromatic carbocycles. The van der Waals surface area contributed by atoms with Crippen LogP contribution >= 0.6 is 11.6 Å². The maximum Gasteiger partial charge on any atom is 0.470 e. The summed E-state index contributed by atoms with van der Waals surface area (Å²) in [5, 5.41) is 6.22. The van der Waals surface area contributed by atoms with Crippen LogP contribution in [-0.2, 0) is 12.7 Å². The lowest BCUT2D eigenvalue weighted by Gasteiger charge is -2.29. The Bertz CT molecular complexity index is 1270. The van der Waals surface area contributed by atoms with Crippen molar-refractivity contribution in [3.8, 4) is 11.5 Å². The summed E-state index contributed by atoms with van der Waals surface area (Å²) in [5.41, 5.74) is 0.170. The Hall–Kier alpha value is -3.25. The van der Waals surface area contributed by atoms with Crippen molar-refractivity contribution in [3.63, 3.8) is 0 Å². The highest BCUT2D eigenvalue weighted by Gasteiger charge is 2.38. The van der Waals surface area contributed by atoms with Crippen molar-refractivity contribution in [2.24, 2.45) is 0 Å². The Morgan fingerprint density at radius 1 is 1.17 bits per heavy atom. The van der Waals surface area contributed by atoms with Gasteiger partial charge in [0.05, 0.1) is 17.3 Å². The molecule has 1 aromatic heterocycles. The number of aromatic nitrogens is 2. The van der Waals surface area contributed by atoms with Crippen LogP contribution in [0.25, 0.3) is 11.5 Å². The van der Waals surface area contributed by atoms with Crippen molar-refractivity contribution < 1.29 is 31.2 Å². The normalized spacial score (nSPS) is 16.1. The lowest BCUT2D eigenvalue weighted by atomic mass is 10.1. The summed E-state index contributed by atoms with van der Waals surface area (Å²) >= 11 is 6.23. The number of benzene rings is 2. The van der Waals surface area contributed by atoms with E-state index in [1.54, 1.807) is 4.90 Å². The van der Waals surface area contributed by atoms with Gasteiger partial charge in [-0.1, -0.05) is 17.7 Å². The van der Waals surface area contributed by atoms with E-state index in [2.05, 4.69) is 14.6 Å². The molecule has 1 aliphatic heterocycles. The van der Waals surface area contributed by atoms with Crippen molar-refractivity contribution in [1.29, 1.82) is 0 Å². The van der Waals surface area contributed by atoms with Crippen molar-refractivity contribution in [2.75, 3.05) is 32.1 Å². The second-order valence-electron chi connectivity index (χ2n) is 8.53. The van der Waals surface area contributed by atoms with Gasteiger partial charge in [0.1, 0.15) is 11.6 Å². The molecule has 0 bridgehead atoms. The van der Waals surface area contributed by atoms with Crippen LogP contribution in [-0.4, -0.2) is 59.3 Å². The molecule has 2 amide bonds. The predicted octanol–water partition coefficient (Wildman–Crippen LogP) is 5.45. The monoisotopic (exact) mass is 529 g/mol. The first-order valence-corrected chi connectivity index (χ1v) is 11.2. The number of rotatable bonds is 5. The number of carbonyl (C=O) groups is 1. The van der Waals surface area contributed by atoms with Gasteiger partial charge in [0.15, 0.2) is 0 Å². The Balaban J connectivity index is 1.63. The van der Waals surface area contributed by atoms with Crippen molar-refractivity contribution in [2.45, 2.75) is 25.2 Å². The van der Waals surface area contributed by atoms with Gasteiger partial charge in [-0.05, 0) is 50.8 Å². The average Bonchev–Trinajstić information content (AvgIpc) is 3.49. The third-order valence-corrected chi connectivity index (χ3v) is 6.19. The Labute approximate surface area is 208 Å². The van der Waals surface area contributed by atoms with Gasteiger partial charge >= 0.3 is 18.1 Å². The van der Waals surface area contributed by atoms with Crippen LogP contribution in [0, 0.1) is 11.6 Å². The lowest BCUT2D eigenvalue weighted by molar-refractivity contribution is -0.156. The van der Waals surface area contributed by atoms with E-state index in [9.17, 15) is 22.4 Å². The molecule has 0 radical (unpaired) electrons. The highest BCUT2D eigenvalue weighted by atomic mass is 35.5. The number of likely N-dealkylation sites (tertiary alicyclic amines) is 1. The van der Waals surface area contributed by atoms with Crippen LogP contribution in [0.2, 0.25) is 5.02 Å². The van der Waals surface area contributed by atoms with Gasteiger partial charge in [0, 0.05) is 30.3 Å². The first-order valence-electron chi connectivity index (χ1n) is 10.8. The van der Waals surface area contributed by atoms with E-state index in [4.69, 9.17) is 11.6 Å². The molecule has 3 aromatic rings. The standard InChI is InChI=1S/C23H21ClF5N5O2/c1-32(2)16-7-8-33(12-16)22(35)34(19-6-5-15(25)10-17(19)24)11-14-4-3-13(9-18(14)26)20-30-31-21(36-20)23(27,28)29/h3-6,9-10,16H,7-8,11-12H2,1-2H3/t16-/m1/s1. The second-order valence-corrected chi connectivity index (χ2v) is 8.94. The minimum atomic E-state index is -4.83. The first kappa shape index (κ1) is 25.8. The van der Waals surface area contributed by atoms with Crippen molar-refractivity contribution in [3.05, 3.63) is 64.5 Å². The smallest absolute Gasteiger partial charge is 0.413 e. The number of nitrogens with zero attached hydrogens (tertiary/aromatic N) is 5. The Morgan fingerprint density at radius 3 is 2.50 bits per heavy atom. The molecular weight excluding hydrogens is 509 g/mol. The zero-order valence-corrected chi connectivity index (χ0v) is 19.9. The highest BCUT2D eigenvalue weighted by molar-refractivity contribution is 6.33. The van der Waals surface area contributed by atoms with Gasteiger partial charge in [-0.2, -0.15) is 13.2 Å². The fourth-order valence-electron chi connectivity index (χ4n) is 3.90. The molecule has 0 aliphatic carbocycles. The van der Waals surface area contributed by atoms with E-state index in [1.807, 2.05) is 19.0 Å². The van der Waals surface area contributed by atoms with Gasteiger partial charge in [-0.15, -0.1) is 10.2 Å². The van der Waals surface area contributed by atoms with Crippen molar-refractivity contribution in [1.82, 2.24) is 20.0 Å². The minimum absolute atomic E-state index is 0.0331. The molecule has 1 fully saturated rings. The molecule has 0 spiro atoms. The highest BCUT2D eigenvalue weighted by Crippen LogP contribution is 2.33. The number of urea groups is 1. The molecule has 0 N–H and O–H groups in total. The number of likely N-dealkylation sites (N-methyl/N-ethyl adjacent to an activating group) is 1. The topological polar surface area (TPSA) is 65.7 Å². The number of halogens is 6. The zero-order chi connectivity index (χ0) is 26.2. The van der Waals surface area contributed by atoms with Crippen LogP contribution in [0.15, 0.2) is 40.8 Å². The molecule has 36 heavy (non-hydrogen) atoms. The summed E-state index contributed by atoms with van der Waals surface area (Å²) in [5.74, 6) is -3.47. The van der Waals surface area contributed by atoms with E-state index < -0.39 is 35.6 Å². The van der Waals surface area contributed by atoms with Gasteiger partial charge in [-0.25, -0.2) is 13.6 Å². The van der Waals surface area contributed by atoms with Gasteiger partial charge in [0.25, 0.3) is 0 Å². The maximum absolute atomic E-state index is 15.1. The fourth-order valence-corrected chi connectivity index (χ4v) is 4.17. The van der Waals surface area contributed by atoms with Crippen LogP contribution in [0.5, 0.6) is 0 Å². The van der Waals surface area contributed by atoms with E-state index in [1.165, 1.54) is 23.1 Å². The molecule has 4 rings (SSSR count). The summed E-state index contributed by atoms with van der Waals surface area (Å²) in [4.78, 5) is 18.3. The maximum atomic E-state index is 15.1. The minimum Gasteiger partial charge on any atom is -0.413 e. The molecule has 1 atom stereocenters. The van der Waals surface area contributed by atoms with E-state index >= 15 is 4.39 Å². The summed E-state index contributed by atoms with van der Waals surface area (Å²) in [6, 6.07) is 6.77. The molecule has 0 saturated carbocycles. The Morgan fingerprint density at radius 2 is 1.92 bits per heavy atom. The predicted molar refractivity (Wildman–Crippen MR) is 121 cm³/mol. The Kier molecular flexibility index (Phi) is 7.19. The SMILES string of the molecule is CN(C)[C@@H]1CCN(C(=O)N(Cc2ccc(-c3nnc(C(F)(F)F)o3)cc2F)c2ccc(F)cc2Cl)C1. The van der Waals surface area contributed by atoms with Gasteiger partial charge in [0.2, 0.25) is 5.89 Å². The number of hydrogen-bond donors (Lipinski definition) is 0. The summed E-state index contributed by atoms with van der Waals surface area (Å²) in [6.07, 6.45) is -4.09. The second kappa shape index (κ2) is 10.0. The molecule has 1 aliphatic rings. The molecule has 13 heteroatoms. The summed E-state index contributed by atoms with van der Waals surface area (Å²) in [7, 11) is 3.82. The summed E-state index contributed by atoms with van der Waals surface area (Å²) in [6.45, 7) is 0.648. The van der Waals surface area contributed by atoms with Crippen LogP contribution < -0.4 is 4.90 Å². The fraction of sp³-hybridized carbons (Fsp3) is 0.348. The molecule has 7 nitrogen and oxygen atoms in total. The largest absolute Gasteiger partial charge is 0.470 e. The van der Waals surface area contributed by atoms with Gasteiger partial charge in [-0.3, -0.25) is 4.90 Å². The van der Waals surface area contributed by atoms with E-state index in [0.29, 0.717) is 13.1 Å². The van der Waals surface area contributed by atoms with Crippen LogP contribution in [0.3, 0.4) is 0 Å². The van der Waals surface area contributed by atoms with Crippen LogP contribution in [0.4, 0.5) is 32.4 Å². The molecule has 2 heterocycles. The number of hydrogen-bond acceptors (Lipinski definition) is 5. The molecule has 1 saturated heterocycles. The number of alkyl halides is 3. The third-order valence-electron chi connectivity index (χ3n) is 5.89. The average molecular weight is 530 g/mol. The van der Waals surface area contributed by atoms with E-state index in [-0.39, 0.29) is 34.4 Å². The first-order chi connectivity index (χ1) is 16.9. The van der Waals surface area contributed by atoms with Gasteiger partial charge < -0.3 is 14.2 Å². The van der Waals surface area contributed by atoms with Crippen LogP contribution in [0.1, 0.15) is 17.9 Å². The quantitative estimate of drug-likeness (QED) is 0.411. The number of carbonyl (C=O) groups excluding carboxylic acids is 1. The summed E-state index contributed by atoms with van der Waals surface area (Å²) < 4.78 is 71.6. The molecular formula is C23H21ClF5N5O2. The zero-order valence-electron chi connectivity index (χ0n) is 19.2. The molecule has 192 valence electrons. The lowest BCUT2D eigenvalue weighted by Crippen LogP contribution is -2.43. The molecule has 0 unspecified atom stereocenters. The number of amides is 2. The third kappa shape index (κ3) is 5.44.